The number of amides is 1. The molecular weight excluding hydrogens is 276 g/mol. The fourth-order valence-electron chi connectivity index (χ4n) is 1.88. The maximum Gasteiger partial charge on any atom is 0.249 e. The Bertz CT molecular complexity index is 659. The largest absolute Gasteiger partial charge is 0.323 e. The quantitative estimate of drug-likeness (QED) is 0.940. The lowest BCUT2D eigenvalue weighted by molar-refractivity contribution is -0.119. The van der Waals surface area contributed by atoms with E-state index in [9.17, 15) is 4.79 Å². The number of nitrogens with one attached hydrogen (secondary N) is 1. The van der Waals surface area contributed by atoms with Crippen LogP contribution in [0.1, 0.15) is 24.9 Å². The van der Waals surface area contributed by atoms with Crippen LogP contribution in [0, 0.1) is 11.3 Å². The van der Waals surface area contributed by atoms with Crippen molar-refractivity contribution >= 4 is 23.2 Å². The molecule has 1 N–H and O–H groups in total. The first kappa shape index (κ1) is 14.1. The summed E-state index contributed by atoms with van der Waals surface area (Å²) in [6.07, 6.45) is 3.66. The molecule has 2 aromatic rings. The van der Waals surface area contributed by atoms with Crippen LogP contribution in [0.2, 0.25) is 5.02 Å². The van der Waals surface area contributed by atoms with Gasteiger partial charge in [0.2, 0.25) is 5.91 Å². The predicted molar refractivity (Wildman–Crippen MR) is 76.4 cm³/mol. The van der Waals surface area contributed by atoms with Gasteiger partial charge in [-0.05, 0) is 18.6 Å². The molecule has 0 saturated heterocycles. The minimum atomic E-state index is -0.464. The van der Waals surface area contributed by atoms with Crippen LogP contribution in [0.4, 0.5) is 5.69 Å². The highest BCUT2D eigenvalue weighted by Gasteiger charge is 2.20. The van der Waals surface area contributed by atoms with Crippen molar-refractivity contribution < 1.29 is 4.79 Å². The zero-order chi connectivity index (χ0) is 14.5. The van der Waals surface area contributed by atoms with E-state index >= 15 is 0 Å². The van der Waals surface area contributed by atoms with Crippen molar-refractivity contribution in [3.8, 4) is 6.07 Å². The van der Waals surface area contributed by atoms with Gasteiger partial charge in [0.1, 0.15) is 12.1 Å². The highest BCUT2D eigenvalue weighted by atomic mass is 35.5. The molecular formula is C14H13ClN4O. The number of rotatable bonds is 4. The summed E-state index contributed by atoms with van der Waals surface area (Å²) in [6, 6.07) is 8.44. The lowest BCUT2D eigenvalue weighted by Gasteiger charge is -2.16. The number of carbonyl (C=O) groups is 1. The molecule has 0 unspecified atom stereocenters. The van der Waals surface area contributed by atoms with Crippen LogP contribution >= 0.6 is 11.6 Å². The van der Waals surface area contributed by atoms with Gasteiger partial charge in [0.25, 0.3) is 0 Å². The number of nitrogens with zero attached hydrogens (tertiary/aromatic N) is 3. The standard InChI is InChI=1S/C14H13ClN4O/c1-2-13(19-9-11(15)8-17-19)14(20)18-12-6-4-3-5-10(12)7-16/h3-6,8-9,13H,2H2,1H3,(H,18,20)/t13-/m1/s1. The fourth-order valence-corrected chi connectivity index (χ4v) is 2.03. The Hall–Kier alpha value is -2.32. The second-order valence-corrected chi connectivity index (χ2v) is 4.65. The number of carbonyl (C=O) groups excluding carboxylic acids is 1. The molecule has 1 atom stereocenters. The van der Waals surface area contributed by atoms with E-state index in [1.807, 2.05) is 13.0 Å². The van der Waals surface area contributed by atoms with Gasteiger partial charge in [-0.2, -0.15) is 10.4 Å². The van der Waals surface area contributed by atoms with E-state index in [4.69, 9.17) is 16.9 Å². The second-order valence-electron chi connectivity index (χ2n) is 4.21. The SMILES string of the molecule is CC[C@H](C(=O)Nc1ccccc1C#N)n1cc(Cl)cn1. The van der Waals surface area contributed by atoms with Gasteiger partial charge in [-0.3, -0.25) is 9.48 Å². The van der Waals surface area contributed by atoms with E-state index in [0.717, 1.165) is 0 Å². The Morgan fingerprint density at radius 3 is 2.90 bits per heavy atom. The molecule has 1 aromatic carbocycles. The van der Waals surface area contributed by atoms with Gasteiger partial charge < -0.3 is 5.32 Å². The average Bonchev–Trinajstić information content (AvgIpc) is 2.86. The molecule has 1 heterocycles. The topological polar surface area (TPSA) is 70.7 Å². The summed E-state index contributed by atoms with van der Waals surface area (Å²) < 4.78 is 1.52. The van der Waals surface area contributed by atoms with E-state index in [2.05, 4.69) is 10.4 Å². The van der Waals surface area contributed by atoms with Gasteiger partial charge in [-0.1, -0.05) is 30.7 Å². The summed E-state index contributed by atoms with van der Waals surface area (Å²) in [7, 11) is 0. The second kappa shape index (κ2) is 6.22. The Morgan fingerprint density at radius 2 is 2.30 bits per heavy atom. The highest BCUT2D eigenvalue weighted by Crippen LogP contribution is 2.19. The summed E-state index contributed by atoms with van der Waals surface area (Å²) in [4.78, 5) is 12.3. The molecule has 0 saturated carbocycles. The van der Waals surface area contributed by atoms with Crippen LogP contribution in [0.3, 0.4) is 0 Å². The molecule has 0 fully saturated rings. The maximum absolute atomic E-state index is 12.3. The number of anilines is 1. The highest BCUT2D eigenvalue weighted by molar-refractivity contribution is 6.30. The van der Waals surface area contributed by atoms with Gasteiger partial charge in [-0.15, -0.1) is 0 Å². The molecule has 102 valence electrons. The van der Waals surface area contributed by atoms with Crippen molar-refractivity contribution in [1.29, 1.82) is 5.26 Å². The first-order chi connectivity index (χ1) is 9.65. The number of benzene rings is 1. The third-order valence-electron chi connectivity index (χ3n) is 2.88. The number of hydrogen-bond acceptors (Lipinski definition) is 3. The van der Waals surface area contributed by atoms with Crippen LogP contribution in [0.25, 0.3) is 0 Å². The summed E-state index contributed by atoms with van der Waals surface area (Å²) in [5, 5.41) is 16.3. The third-order valence-corrected chi connectivity index (χ3v) is 3.08. The van der Waals surface area contributed by atoms with E-state index in [1.54, 1.807) is 30.5 Å². The van der Waals surface area contributed by atoms with Crippen molar-refractivity contribution in [2.24, 2.45) is 0 Å². The third kappa shape index (κ3) is 2.98. The molecule has 0 aliphatic heterocycles. The van der Waals surface area contributed by atoms with Gasteiger partial charge >= 0.3 is 0 Å². The molecule has 5 nitrogen and oxygen atoms in total. The Labute approximate surface area is 121 Å². The zero-order valence-corrected chi connectivity index (χ0v) is 11.6. The number of para-hydroxylation sites is 1. The van der Waals surface area contributed by atoms with Crippen LogP contribution in [0.15, 0.2) is 36.7 Å². The number of aromatic nitrogens is 2. The maximum atomic E-state index is 12.3. The monoisotopic (exact) mass is 288 g/mol. The molecule has 20 heavy (non-hydrogen) atoms. The molecule has 0 bridgehead atoms. The Balaban J connectivity index is 2.20. The molecule has 0 aliphatic carbocycles. The Kier molecular flexibility index (Phi) is 4.38. The van der Waals surface area contributed by atoms with Crippen LogP contribution in [-0.4, -0.2) is 15.7 Å². The van der Waals surface area contributed by atoms with Crippen LogP contribution in [-0.2, 0) is 4.79 Å². The van der Waals surface area contributed by atoms with Crippen molar-refractivity contribution in [3.05, 3.63) is 47.2 Å². The van der Waals surface area contributed by atoms with Gasteiger partial charge in [0, 0.05) is 6.20 Å². The number of halogens is 1. The number of hydrogen-bond donors (Lipinski definition) is 1. The van der Waals surface area contributed by atoms with Gasteiger partial charge in [0.15, 0.2) is 0 Å². The predicted octanol–water partition coefficient (Wildman–Crippen LogP) is 3.00. The normalized spacial score (nSPS) is 11.7. The minimum absolute atomic E-state index is 0.227. The van der Waals surface area contributed by atoms with Crippen molar-refractivity contribution in [2.75, 3.05) is 5.32 Å². The van der Waals surface area contributed by atoms with Crippen molar-refractivity contribution in [2.45, 2.75) is 19.4 Å². The lowest BCUT2D eigenvalue weighted by atomic mass is 10.1. The summed E-state index contributed by atoms with van der Waals surface area (Å²) in [5.41, 5.74) is 0.922. The van der Waals surface area contributed by atoms with Crippen LogP contribution < -0.4 is 5.32 Å². The first-order valence-electron chi connectivity index (χ1n) is 6.15. The minimum Gasteiger partial charge on any atom is -0.323 e. The van der Waals surface area contributed by atoms with Gasteiger partial charge in [0.05, 0.1) is 22.5 Å². The molecule has 0 spiro atoms. The molecule has 1 aromatic heterocycles. The fraction of sp³-hybridized carbons (Fsp3) is 0.214. The van der Waals surface area contributed by atoms with E-state index < -0.39 is 6.04 Å². The van der Waals surface area contributed by atoms with Gasteiger partial charge in [-0.25, -0.2) is 0 Å². The summed E-state index contributed by atoms with van der Waals surface area (Å²) in [6.45, 7) is 1.88. The number of nitriles is 1. The van der Waals surface area contributed by atoms with E-state index in [0.29, 0.717) is 22.7 Å². The first-order valence-corrected chi connectivity index (χ1v) is 6.53. The average molecular weight is 289 g/mol. The molecule has 1 amide bonds. The Morgan fingerprint density at radius 1 is 1.55 bits per heavy atom. The summed E-state index contributed by atoms with van der Waals surface area (Å²) in [5.74, 6) is -0.227. The van der Waals surface area contributed by atoms with Crippen molar-refractivity contribution in [1.82, 2.24) is 9.78 Å². The molecule has 0 aliphatic rings. The summed E-state index contributed by atoms with van der Waals surface area (Å²) >= 11 is 5.82. The lowest BCUT2D eigenvalue weighted by Crippen LogP contribution is -2.26. The zero-order valence-electron chi connectivity index (χ0n) is 10.9. The molecule has 2 rings (SSSR count). The van der Waals surface area contributed by atoms with Crippen molar-refractivity contribution in [3.63, 3.8) is 0 Å². The molecule has 6 heteroatoms. The molecule has 0 radical (unpaired) electrons. The smallest absolute Gasteiger partial charge is 0.249 e. The van der Waals surface area contributed by atoms with E-state index in [-0.39, 0.29) is 5.91 Å². The van der Waals surface area contributed by atoms with Crippen LogP contribution in [0.5, 0.6) is 0 Å². The van der Waals surface area contributed by atoms with E-state index in [1.165, 1.54) is 10.9 Å².